The summed E-state index contributed by atoms with van der Waals surface area (Å²) in [7, 11) is 0. The van der Waals surface area contributed by atoms with Crippen LogP contribution in [0.15, 0.2) is 54.6 Å². The molecule has 3 aromatic rings. The first-order valence-corrected chi connectivity index (χ1v) is 8.42. The van der Waals surface area contributed by atoms with Gasteiger partial charge in [0.05, 0.1) is 0 Å². The summed E-state index contributed by atoms with van der Waals surface area (Å²) in [6.07, 6.45) is 1.26. The van der Waals surface area contributed by atoms with Gasteiger partial charge in [0.15, 0.2) is 5.78 Å². The lowest BCUT2D eigenvalue weighted by molar-refractivity contribution is -0.116. The highest BCUT2D eigenvalue weighted by Crippen LogP contribution is 2.13. The summed E-state index contributed by atoms with van der Waals surface area (Å²) in [5.74, 6) is 0.313. The molecule has 3 rings (SSSR count). The van der Waals surface area contributed by atoms with Crippen molar-refractivity contribution in [1.29, 1.82) is 0 Å². The molecule has 7 nitrogen and oxygen atoms in total. The van der Waals surface area contributed by atoms with Gasteiger partial charge in [-0.25, -0.2) is 0 Å². The molecule has 132 valence electrons. The number of ketones is 1. The number of hydrogen-bond acceptors (Lipinski definition) is 5. The Morgan fingerprint density at radius 2 is 1.77 bits per heavy atom. The number of hydrogen-bond donors (Lipinski definition) is 1. The van der Waals surface area contributed by atoms with Gasteiger partial charge in [-0.3, -0.25) is 9.59 Å². The van der Waals surface area contributed by atoms with Crippen LogP contribution in [0.25, 0.3) is 11.4 Å². The van der Waals surface area contributed by atoms with Crippen molar-refractivity contribution in [3.63, 3.8) is 0 Å². The van der Waals surface area contributed by atoms with Gasteiger partial charge in [0.2, 0.25) is 11.7 Å². The highest BCUT2D eigenvalue weighted by molar-refractivity contribution is 5.97. The van der Waals surface area contributed by atoms with Gasteiger partial charge in [-0.2, -0.15) is 4.80 Å². The molecule has 2 aromatic carbocycles. The van der Waals surface area contributed by atoms with Crippen LogP contribution in [-0.2, 0) is 11.3 Å². The van der Waals surface area contributed by atoms with Crippen LogP contribution in [-0.4, -0.2) is 31.9 Å². The summed E-state index contributed by atoms with van der Waals surface area (Å²) < 4.78 is 0. The Bertz CT molecular complexity index is 888. The van der Waals surface area contributed by atoms with E-state index in [-0.39, 0.29) is 18.2 Å². The van der Waals surface area contributed by atoms with Crippen LogP contribution in [0.1, 0.15) is 30.1 Å². The molecule has 0 bridgehead atoms. The maximum atomic E-state index is 12.4. The lowest BCUT2D eigenvalue weighted by atomic mass is 10.1. The van der Waals surface area contributed by atoms with Gasteiger partial charge in [-0.05, 0) is 35.9 Å². The van der Waals surface area contributed by atoms with Crippen molar-refractivity contribution in [2.75, 3.05) is 5.32 Å². The first-order valence-electron chi connectivity index (χ1n) is 8.42. The molecule has 1 N–H and O–H groups in total. The molecule has 0 unspecified atom stereocenters. The number of carbonyl (C=O) groups is 2. The minimum absolute atomic E-state index is 0.00136. The Morgan fingerprint density at radius 3 is 2.46 bits per heavy atom. The Balaban J connectivity index is 1.63. The summed E-state index contributed by atoms with van der Waals surface area (Å²) in [6.45, 7) is 1.95. The minimum Gasteiger partial charge on any atom is -0.326 e. The minimum atomic E-state index is -0.131. The summed E-state index contributed by atoms with van der Waals surface area (Å²) >= 11 is 0. The molecule has 0 fully saturated rings. The summed E-state index contributed by atoms with van der Waals surface area (Å²) in [6, 6.07) is 16.2. The van der Waals surface area contributed by atoms with Crippen molar-refractivity contribution in [2.45, 2.75) is 26.3 Å². The average molecular weight is 349 g/mol. The van der Waals surface area contributed by atoms with E-state index in [0.717, 1.165) is 12.0 Å². The van der Waals surface area contributed by atoms with E-state index in [1.165, 1.54) is 4.80 Å². The Labute approximate surface area is 151 Å². The largest absolute Gasteiger partial charge is 0.326 e. The molecule has 0 radical (unpaired) electrons. The summed E-state index contributed by atoms with van der Waals surface area (Å²) in [4.78, 5) is 25.2. The first-order chi connectivity index (χ1) is 12.7. The van der Waals surface area contributed by atoms with Crippen molar-refractivity contribution >= 4 is 17.4 Å². The van der Waals surface area contributed by atoms with Crippen LogP contribution in [0.5, 0.6) is 0 Å². The maximum absolute atomic E-state index is 12.4. The molecule has 0 saturated carbocycles. The topological polar surface area (TPSA) is 89.8 Å². The van der Waals surface area contributed by atoms with Crippen molar-refractivity contribution < 1.29 is 9.59 Å². The third kappa shape index (κ3) is 4.38. The lowest BCUT2D eigenvalue weighted by Gasteiger charge is -2.05. The molecule has 0 atom stereocenters. The van der Waals surface area contributed by atoms with E-state index in [1.807, 2.05) is 37.3 Å². The van der Waals surface area contributed by atoms with E-state index in [4.69, 9.17) is 0 Å². The number of amides is 1. The van der Waals surface area contributed by atoms with Crippen molar-refractivity contribution in [1.82, 2.24) is 20.2 Å². The van der Waals surface area contributed by atoms with E-state index < -0.39 is 0 Å². The number of nitrogens with one attached hydrogen (secondary N) is 1. The van der Waals surface area contributed by atoms with Crippen LogP contribution in [0.2, 0.25) is 0 Å². The van der Waals surface area contributed by atoms with E-state index in [9.17, 15) is 9.59 Å². The highest BCUT2D eigenvalue weighted by atomic mass is 16.1. The molecule has 1 aromatic heterocycles. The van der Waals surface area contributed by atoms with Gasteiger partial charge in [0.1, 0.15) is 6.54 Å². The molecule has 1 amide bonds. The standard InChI is InChI=1S/C19H19N5O2/c1-2-6-18(26)20-16-11-9-14(10-12-16)17(25)13-24-22-19(21-23-24)15-7-4-3-5-8-15/h3-5,7-12H,2,6,13H2,1H3,(H,20,26). The average Bonchev–Trinajstić information content (AvgIpc) is 3.12. The van der Waals surface area contributed by atoms with E-state index >= 15 is 0 Å². The zero-order valence-corrected chi connectivity index (χ0v) is 14.4. The maximum Gasteiger partial charge on any atom is 0.224 e. The zero-order chi connectivity index (χ0) is 18.4. The zero-order valence-electron chi connectivity index (χ0n) is 14.4. The lowest BCUT2D eigenvalue weighted by Crippen LogP contribution is -2.14. The second-order valence-corrected chi connectivity index (χ2v) is 5.81. The summed E-state index contributed by atoms with van der Waals surface area (Å²) in [5.41, 5.74) is 2.04. The number of aromatic nitrogens is 4. The van der Waals surface area contributed by atoms with Gasteiger partial charge < -0.3 is 5.32 Å². The number of Topliss-reactive ketones (excluding diaryl/α,β-unsaturated/α-hetero) is 1. The molecule has 1 heterocycles. The second-order valence-electron chi connectivity index (χ2n) is 5.81. The van der Waals surface area contributed by atoms with Crippen molar-refractivity contribution in [3.8, 4) is 11.4 Å². The van der Waals surface area contributed by atoms with E-state index in [0.29, 0.717) is 23.5 Å². The number of benzene rings is 2. The number of tetrazole rings is 1. The summed E-state index contributed by atoms with van der Waals surface area (Å²) in [5, 5.41) is 14.9. The SMILES string of the molecule is CCCC(=O)Nc1ccc(C(=O)Cn2nnc(-c3ccccc3)n2)cc1. The Morgan fingerprint density at radius 1 is 1.04 bits per heavy atom. The number of rotatable bonds is 7. The predicted molar refractivity (Wildman–Crippen MR) is 97.6 cm³/mol. The molecular weight excluding hydrogens is 330 g/mol. The predicted octanol–water partition coefficient (Wildman–Crippen LogP) is 2.96. The molecular formula is C19H19N5O2. The van der Waals surface area contributed by atoms with Crippen LogP contribution in [0, 0.1) is 0 Å². The van der Waals surface area contributed by atoms with Gasteiger partial charge in [0, 0.05) is 23.2 Å². The normalized spacial score (nSPS) is 10.5. The first kappa shape index (κ1) is 17.5. The van der Waals surface area contributed by atoms with Crippen LogP contribution in [0.4, 0.5) is 5.69 Å². The Hall–Kier alpha value is -3.35. The molecule has 0 aliphatic carbocycles. The third-order valence-corrected chi connectivity index (χ3v) is 3.74. The fraction of sp³-hybridized carbons (Fsp3) is 0.211. The number of anilines is 1. The van der Waals surface area contributed by atoms with Crippen LogP contribution in [0.3, 0.4) is 0 Å². The van der Waals surface area contributed by atoms with Crippen molar-refractivity contribution in [2.24, 2.45) is 0 Å². The second kappa shape index (κ2) is 8.15. The van der Waals surface area contributed by atoms with Gasteiger partial charge in [-0.1, -0.05) is 37.3 Å². The quantitative estimate of drug-likeness (QED) is 0.662. The molecule has 0 aliphatic heterocycles. The van der Waals surface area contributed by atoms with Gasteiger partial charge in [0.25, 0.3) is 0 Å². The fourth-order valence-electron chi connectivity index (χ4n) is 2.42. The monoisotopic (exact) mass is 349 g/mol. The van der Waals surface area contributed by atoms with Gasteiger partial charge >= 0.3 is 0 Å². The smallest absolute Gasteiger partial charge is 0.224 e. The number of nitrogens with zero attached hydrogens (tertiary/aromatic N) is 4. The van der Waals surface area contributed by atoms with Crippen molar-refractivity contribution in [3.05, 3.63) is 60.2 Å². The van der Waals surface area contributed by atoms with Crippen LogP contribution >= 0.6 is 0 Å². The third-order valence-electron chi connectivity index (χ3n) is 3.74. The Kier molecular flexibility index (Phi) is 5.48. The van der Waals surface area contributed by atoms with E-state index in [1.54, 1.807) is 24.3 Å². The number of carbonyl (C=O) groups excluding carboxylic acids is 2. The fourth-order valence-corrected chi connectivity index (χ4v) is 2.42. The molecule has 26 heavy (non-hydrogen) atoms. The van der Waals surface area contributed by atoms with Gasteiger partial charge in [-0.15, -0.1) is 10.2 Å². The van der Waals surface area contributed by atoms with E-state index in [2.05, 4.69) is 20.7 Å². The molecule has 0 saturated heterocycles. The molecule has 0 aliphatic rings. The molecule has 0 spiro atoms. The highest BCUT2D eigenvalue weighted by Gasteiger charge is 2.11. The molecule has 7 heteroatoms. The van der Waals surface area contributed by atoms with Crippen LogP contribution < -0.4 is 5.32 Å².